The zero-order chi connectivity index (χ0) is 18.4. The van der Waals surface area contributed by atoms with Crippen molar-refractivity contribution in [2.45, 2.75) is 19.5 Å². The van der Waals surface area contributed by atoms with Crippen molar-refractivity contribution in [2.75, 3.05) is 26.6 Å². The van der Waals surface area contributed by atoms with Crippen molar-refractivity contribution in [1.29, 1.82) is 0 Å². The first-order chi connectivity index (χ1) is 12.0. The molecule has 25 heavy (non-hydrogen) atoms. The van der Waals surface area contributed by atoms with Gasteiger partial charge in [-0.05, 0) is 43.3 Å². The largest absolute Gasteiger partial charge is 0.493 e. The molecule has 2 rings (SSSR count). The molecule has 2 aromatic carbocycles. The van der Waals surface area contributed by atoms with Crippen LogP contribution in [-0.4, -0.2) is 33.2 Å². The molecular formula is C19H24ClN2O3+. The molecule has 0 aliphatic rings. The molecule has 6 heteroatoms. The quantitative estimate of drug-likeness (QED) is 0.794. The first kappa shape index (κ1) is 19.1. The van der Waals surface area contributed by atoms with Crippen molar-refractivity contribution in [3.8, 4) is 11.5 Å². The van der Waals surface area contributed by atoms with Crippen molar-refractivity contribution in [1.82, 2.24) is 0 Å². The van der Waals surface area contributed by atoms with Crippen LogP contribution < -0.4 is 19.7 Å². The normalized spacial score (nSPS) is 13.0. The zero-order valence-corrected chi connectivity index (χ0v) is 15.7. The Morgan fingerprint density at radius 2 is 1.84 bits per heavy atom. The van der Waals surface area contributed by atoms with E-state index in [2.05, 4.69) is 5.32 Å². The van der Waals surface area contributed by atoms with Gasteiger partial charge in [-0.25, -0.2) is 0 Å². The number of quaternary nitrogens is 1. The second-order valence-corrected chi connectivity index (χ2v) is 6.33. The molecule has 0 aliphatic heterocycles. The van der Waals surface area contributed by atoms with Crippen LogP contribution in [0.4, 0.5) is 5.69 Å². The second-order valence-electron chi connectivity index (χ2n) is 5.89. The first-order valence-corrected chi connectivity index (χ1v) is 8.42. The number of benzene rings is 2. The predicted octanol–water partition coefficient (Wildman–Crippen LogP) is 2.40. The Balaban J connectivity index is 2.05. The average molecular weight is 364 g/mol. The molecule has 2 aromatic rings. The second kappa shape index (κ2) is 8.74. The molecule has 1 unspecified atom stereocenters. The summed E-state index contributed by atoms with van der Waals surface area (Å²) in [7, 11) is 5.21. The number of rotatable bonds is 7. The van der Waals surface area contributed by atoms with Crippen LogP contribution >= 0.6 is 11.6 Å². The molecule has 0 aliphatic carbocycles. The molecule has 0 heterocycles. The summed E-state index contributed by atoms with van der Waals surface area (Å²) in [5.74, 6) is 1.34. The van der Waals surface area contributed by atoms with Gasteiger partial charge in [0.1, 0.15) is 6.54 Å². The Morgan fingerprint density at radius 1 is 1.16 bits per heavy atom. The lowest BCUT2D eigenvalue weighted by Crippen LogP contribution is -3.12. The maximum atomic E-state index is 12.5. The summed E-state index contributed by atoms with van der Waals surface area (Å²) >= 11 is 5.87. The van der Waals surface area contributed by atoms with Crippen molar-refractivity contribution in [3.05, 3.63) is 53.1 Å². The monoisotopic (exact) mass is 363 g/mol. The summed E-state index contributed by atoms with van der Waals surface area (Å²) in [6.45, 7) is 2.53. The van der Waals surface area contributed by atoms with Crippen LogP contribution in [0.25, 0.3) is 0 Å². The number of ether oxygens (including phenoxy) is 2. The molecule has 2 N–H and O–H groups in total. The van der Waals surface area contributed by atoms with Crippen molar-refractivity contribution >= 4 is 23.2 Å². The summed E-state index contributed by atoms with van der Waals surface area (Å²) in [6, 6.07) is 12.6. The number of halogens is 1. The van der Waals surface area contributed by atoms with E-state index in [1.54, 1.807) is 38.5 Å². The number of carbonyl (C=O) groups excluding carboxylic acids is 1. The summed E-state index contributed by atoms with van der Waals surface area (Å²) in [6.07, 6.45) is 0. The van der Waals surface area contributed by atoms with Crippen molar-refractivity contribution in [3.63, 3.8) is 0 Å². The molecule has 0 saturated carbocycles. The highest BCUT2D eigenvalue weighted by atomic mass is 35.5. The van der Waals surface area contributed by atoms with Gasteiger partial charge in [0.2, 0.25) is 0 Å². The number of hydrogen-bond acceptors (Lipinski definition) is 3. The molecule has 0 radical (unpaired) electrons. The molecule has 0 aromatic heterocycles. The Hall–Kier alpha value is -2.24. The molecule has 2 atom stereocenters. The van der Waals surface area contributed by atoms with Crippen LogP contribution in [0, 0.1) is 0 Å². The number of para-hydroxylation sites is 1. The first-order valence-electron chi connectivity index (χ1n) is 8.05. The third-order valence-electron chi connectivity index (χ3n) is 4.20. The molecular weight excluding hydrogens is 340 g/mol. The minimum atomic E-state index is -0.244. The number of nitrogens with one attached hydrogen (secondary N) is 2. The number of likely N-dealkylation sites (N-methyl/N-ethyl adjacent to an activating group) is 1. The lowest BCUT2D eigenvalue weighted by Gasteiger charge is -2.22. The fraction of sp³-hybridized carbons (Fsp3) is 0.316. The minimum Gasteiger partial charge on any atom is -0.493 e. The number of anilines is 1. The Morgan fingerprint density at radius 3 is 2.44 bits per heavy atom. The third-order valence-corrected chi connectivity index (χ3v) is 4.45. The lowest BCUT2D eigenvalue weighted by molar-refractivity contribution is -0.907. The molecule has 0 spiro atoms. The van der Waals surface area contributed by atoms with Crippen LogP contribution in [0.1, 0.15) is 12.5 Å². The van der Waals surface area contributed by atoms with Gasteiger partial charge in [0.05, 0.1) is 26.8 Å². The van der Waals surface area contributed by atoms with E-state index in [0.717, 1.165) is 16.2 Å². The van der Waals surface area contributed by atoms with Gasteiger partial charge in [0.25, 0.3) is 5.91 Å². The highest BCUT2D eigenvalue weighted by molar-refractivity contribution is 6.30. The van der Waals surface area contributed by atoms with Crippen LogP contribution in [0.15, 0.2) is 42.5 Å². The van der Waals surface area contributed by atoms with E-state index in [-0.39, 0.29) is 11.9 Å². The van der Waals surface area contributed by atoms with Gasteiger partial charge >= 0.3 is 0 Å². The summed E-state index contributed by atoms with van der Waals surface area (Å²) in [5, 5.41) is 3.55. The molecule has 0 saturated heterocycles. The van der Waals surface area contributed by atoms with Gasteiger partial charge in [0.15, 0.2) is 17.5 Å². The van der Waals surface area contributed by atoms with E-state index >= 15 is 0 Å². The molecule has 1 amide bonds. The Labute approximate surface area is 153 Å². The van der Waals surface area contributed by atoms with E-state index in [0.29, 0.717) is 23.1 Å². The average Bonchev–Trinajstić information content (AvgIpc) is 2.62. The fourth-order valence-electron chi connectivity index (χ4n) is 2.55. The highest BCUT2D eigenvalue weighted by Crippen LogP contribution is 2.30. The third kappa shape index (κ3) is 4.87. The van der Waals surface area contributed by atoms with Crippen LogP contribution in [0.2, 0.25) is 5.02 Å². The maximum absolute atomic E-state index is 12.5. The minimum absolute atomic E-state index is 0.0540. The maximum Gasteiger partial charge on any atom is 0.282 e. The highest BCUT2D eigenvalue weighted by Gasteiger charge is 2.24. The lowest BCUT2D eigenvalue weighted by atomic mass is 10.1. The van der Waals surface area contributed by atoms with Crippen molar-refractivity contribution in [2.24, 2.45) is 0 Å². The van der Waals surface area contributed by atoms with Gasteiger partial charge < -0.3 is 19.7 Å². The number of methoxy groups -OCH3 is 2. The van der Waals surface area contributed by atoms with Crippen LogP contribution in [0.5, 0.6) is 11.5 Å². The molecule has 0 fully saturated rings. The number of amides is 1. The van der Waals surface area contributed by atoms with Gasteiger partial charge in [-0.2, -0.15) is 0 Å². The molecule has 134 valence electrons. The van der Waals surface area contributed by atoms with Crippen molar-refractivity contribution < 1.29 is 19.2 Å². The summed E-state index contributed by atoms with van der Waals surface area (Å²) < 4.78 is 10.8. The smallest absolute Gasteiger partial charge is 0.282 e. The summed E-state index contributed by atoms with van der Waals surface area (Å²) in [5.41, 5.74) is 1.72. The van der Waals surface area contributed by atoms with E-state index in [4.69, 9.17) is 21.1 Å². The fourth-order valence-corrected chi connectivity index (χ4v) is 2.68. The van der Waals surface area contributed by atoms with Crippen LogP contribution in [0.3, 0.4) is 0 Å². The van der Waals surface area contributed by atoms with E-state index in [1.807, 2.05) is 32.2 Å². The Kier molecular flexibility index (Phi) is 6.67. The van der Waals surface area contributed by atoms with Crippen LogP contribution in [-0.2, 0) is 11.3 Å². The molecule has 0 bridgehead atoms. The Bertz CT molecular complexity index is 719. The van der Waals surface area contributed by atoms with Gasteiger partial charge in [-0.15, -0.1) is 0 Å². The van der Waals surface area contributed by atoms with E-state index in [1.165, 1.54) is 0 Å². The SMILES string of the molecule is COc1cccc(C[NH+](C)[C@@H](C)C(=O)Nc2ccc(Cl)cc2)c1OC. The van der Waals surface area contributed by atoms with E-state index < -0.39 is 0 Å². The molecule has 5 nitrogen and oxygen atoms in total. The number of hydrogen-bond donors (Lipinski definition) is 2. The number of carbonyl (C=O) groups is 1. The topological polar surface area (TPSA) is 52.0 Å². The van der Waals surface area contributed by atoms with Gasteiger partial charge in [-0.1, -0.05) is 17.7 Å². The van der Waals surface area contributed by atoms with Gasteiger partial charge in [-0.3, -0.25) is 4.79 Å². The zero-order valence-electron chi connectivity index (χ0n) is 14.9. The van der Waals surface area contributed by atoms with Gasteiger partial charge in [0, 0.05) is 10.7 Å². The van der Waals surface area contributed by atoms with E-state index in [9.17, 15) is 4.79 Å². The predicted molar refractivity (Wildman–Crippen MR) is 99.7 cm³/mol. The summed E-state index contributed by atoms with van der Waals surface area (Å²) in [4.78, 5) is 13.5. The standard InChI is InChI=1S/C19H23ClN2O3/c1-13(19(23)21-16-10-8-15(20)9-11-16)22(2)12-14-6-5-7-17(24-3)18(14)25-4/h5-11,13H,12H2,1-4H3,(H,21,23)/p+1/t13-/m0/s1.